The van der Waals surface area contributed by atoms with Gasteiger partial charge in [0.1, 0.15) is 11.6 Å². The van der Waals surface area contributed by atoms with Crippen LogP contribution in [0.25, 0.3) is 11.0 Å². The SMILES string of the molecule is CC(C)CCC(C)n1c(CCl)nc2cc(Cl)c(F)cc21. The molecule has 1 atom stereocenters. The molecule has 1 heterocycles. The summed E-state index contributed by atoms with van der Waals surface area (Å²) in [6.07, 6.45) is 2.12. The van der Waals surface area contributed by atoms with Crippen LogP contribution in [0.1, 0.15) is 45.5 Å². The third-order valence-electron chi connectivity index (χ3n) is 3.53. The predicted octanol–water partition coefficient (Wildman–Crippen LogP) is 5.56. The molecule has 0 fully saturated rings. The molecule has 0 aliphatic rings. The highest BCUT2D eigenvalue weighted by atomic mass is 35.5. The second kappa shape index (κ2) is 6.31. The van der Waals surface area contributed by atoms with Crippen molar-refractivity contribution in [3.63, 3.8) is 0 Å². The molecule has 0 aliphatic heterocycles. The highest BCUT2D eigenvalue weighted by Crippen LogP contribution is 2.29. The van der Waals surface area contributed by atoms with Gasteiger partial charge in [0.2, 0.25) is 0 Å². The van der Waals surface area contributed by atoms with Gasteiger partial charge in [0.05, 0.1) is 21.9 Å². The topological polar surface area (TPSA) is 17.8 Å². The first-order valence-corrected chi connectivity index (χ1v) is 7.77. The molecule has 0 saturated carbocycles. The highest BCUT2D eigenvalue weighted by molar-refractivity contribution is 6.31. The van der Waals surface area contributed by atoms with E-state index in [1.54, 1.807) is 6.07 Å². The lowest BCUT2D eigenvalue weighted by atomic mass is 10.0. The number of nitrogens with zero attached hydrogens (tertiary/aromatic N) is 2. The van der Waals surface area contributed by atoms with Gasteiger partial charge in [-0.1, -0.05) is 25.4 Å². The Morgan fingerprint density at radius 2 is 1.95 bits per heavy atom. The first-order valence-electron chi connectivity index (χ1n) is 6.85. The zero-order chi connectivity index (χ0) is 14.9. The van der Waals surface area contributed by atoms with E-state index in [2.05, 4.69) is 25.8 Å². The van der Waals surface area contributed by atoms with E-state index in [0.29, 0.717) is 17.3 Å². The minimum absolute atomic E-state index is 0.0955. The van der Waals surface area contributed by atoms with Gasteiger partial charge in [-0.15, -0.1) is 11.6 Å². The van der Waals surface area contributed by atoms with E-state index >= 15 is 0 Å². The molecule has 5 heteroatoms. The highest BCUT2D eigenvalue weighted by Gasteiger charge is 2.17. The molecule has 1 unspecified atom stereocenters. The Morgan fingerprint density at radius 1 is 1.25 bits per heavy atom. The van der Waals surface area contributed by atoms with Gasteiger partial charge < -0.3 is 4.57 Å². The summed E-state index contributed by atoms with van der Waals surface area (Å²) < 4.78 is 15.7. The van der Waals surface area contributed by atoms with Crippen molar-refractivity contribution < 1.29 is 4.39 Å². The van der Waals surface area contributed by atoms with Crippen molar-refractivity contribution in [2.24, 2.45) is 5.92 Å². The third-order valence-corrected chi connectivity index (χ3v) is 4.06. The Morgan fingerprint density at radius 3 is 2.55 bits per heavy atom. The molecule has 0 amide bonds. The van der Waals surface area contributed by atoms with Crippen LogP contribution in [0.5, 0.6) is 0 Å². The molecule has 0 saturated heterocycles. The zero-order valence-corrected chi connectivity index (χ0v) is 13.5. The number of rotatable bonds is 5. The summed E-state index contributed by atoms with van der Waals surface area (Å²) >= 11 is 11.8. The van der Waals surface area contributed by atoms with Crippen molar-refractivity contribution in [2.75, 3.05) is 0 Å². The molecule has 1 aromatic heterocycles. The predicted molar refractivity (Wildman–Crippen MR) is 83.0 cm³/mol. The minimum Gasteiger partial charge on any atom is -0.324 e. The molecule has 0 N–H and O–H groups in total. The van der Waals surface area contributed by atoms with Crippen LogP contribution < -0.4 is 0 Å². The lowest BCUT2D eigenvalue weighted by Gasteiger charge is -2.18. The number of fused-ring (bicyclic) bond motifs is 1. The zero-order valence-electron chi connectivity index (χ0n) is 12.0. The average Bonchev–Trinajstić information content (AvgIpc) is 2.74. The molecule has 0 radical (unpaired) electrons. The number of hydrogen-bond acceptors (Lipinski definition) is 1. The van der Waals surface area contributed by atoms with E-state index in [0.717, 1.165) is 24.2 Å². The van der Waals surface area contributed by atoms with Crippen LogP contribution in [0.3, 0.4) is 0 Å². The monoisotopic (exact) mass is 316 g/mol. The van der Waals surface area contributed by atoms with Crippen LogP contribution in [-0.2, 0) is 5.88 Å². The maximum atomic E-state index is 13.7. The van der Waals surface area contributed by atoms with Crippen molar-refractivity contribution in [3.05, 3.63) is 28.8 Å². The fraction of sp³-hybridized carbons (Fsp3) is 0.533. The summed E-state index contributed by atoms with van der Waals surface area (Å²) in [5.74, 6) is 1.29. The Hall–Kier alpha value is -0.800. The number of benzene rings is 1. The summed E-state index contributed by atoms with van der Waals surface area (Å²) in [6, 6.07) is 3.25. The quantitative estimate of drug-likeness (QED) is 0.660. The average molecular weight is 317 g/mol. The Labute approximate surface area is 128 Å². The standard InChI is InChI=1S/C15H19Cl2FN2/c1-9(2)4-5-10(3)20-14-7-12(18)11(17)6-13(14)19-15(20)8-16/h6-7,9-10H,4-5,8H2,1-3H3. The maximum Gasteiger partial charge on any atom is 0.144 e. The van der Waals surface area contributed by atoms with E-state index < -0.39 is 5.82 Å². The summed E-state index contributed by atoms with van der Waals surface area (Å²) in [7, 11) is 0. The minimum atomic E-state index is -0.419. The van der Waals surface area contributed by atoms with E-state index in [4.69, 9.17) is 23.2 Å². The lowest BCUT2D eigenvalue weighted by molar-refractivity contribution is 0.439. The van der Waals surface area contributed by atoms with Gasteiger partial charge in [-0.2, -0.15) is 0 Å². The van der Waals surface area contributed by atoms with Gasteiger partial charge in [0.15, 0.2) is 0 Å². The molecule has 0 bridgehead atoms. The van der Waals surface area contributed by atoms with E-state index in [1.807, 2.05) is 4.57 Å². The third kappa shape index (κ3) is 3.09. The lowest BCUT2D eigenvalue weighted by Crippen LogP contribution is -2.09. The van der Waals surface area contributed by atoms with Crippen LogP contribution in [0.2, 0.25) is 5.02 Å². The molecule has 2 rings (SSSR count). The van der Waals surface area contributed by atoms with Crippen LogP contribution in [0.15, 0.2) is 12.1 Å². The van der Waals surface area contributed by atoms with Gasteiger partial charge in [-0.25, -0.2) is 9.37 Å². The van der Waals surface area contributed by atoms with Crippen LogP contribution in [-0.4, -0.2) is 9.55 Å². The molecule has 20 heavy (non-hydrogen) atoms. The number of imidazole rings is 1. The number of aromatic nitrogens is 2. The summed E-state index contributed by atoms with van der Waals surface area (Å²) in [5.41, 5.74) is 1.46. The molecule has 2 aromatic rings. The first-order chi connectivity index (χ1) is 9.43. The largest absolute Gasteiger partial charge is 0.324 e. The molecular formula is C15H19Cl2FN2. The fourth-order valence-electron chi connectivity index (χ4n) is 2.43. The van der Waals surface area contributed by atoms with Crippen LogP contribution >= 0.6 is 23.2 Å². The second-order valence-corrected chi connectivity index (χ2v) is 6.28. The van der Waals surface area contributed by atoms with Crippen LogP contribution in [0, 0.1) is 11.7 Å². The van der Waals surface area contributed by atoms with Gasteiger partial charge in [0, 0.05) is 12.1 Å². The molecule has 1 aromatic carbocycles. The Kier molecular flexibility index (Phi) is 4.92. The molecule has 0 aliphatic carbocycles. The van der Waals surface area contributed by atoms with E-state index in [9.17, 15) is 4.39 Å². The van der Waals surface area contributed by atoms with E-state index in [-0.39, 0.29) is 11.1 Å². The summed E-state index contributed by atoms with van der Waals surface area (Å²) in [5, 5.41) is 0.0955. The Bertz CT molecular complexity index is 607. The van der Waals surface area contributed by atoms with Gasteiger partial charge in [0.25, 0.3) is 0 Å². The van der Waals surface area contributed by atoms with Crippen molar-refractivity contribution in [1.29, 1.82) is 0 Å². The van der Waals surface area contributed by atoms with Gasteiger partial charge >= 0.3 is 0 Å². The Balaban J connectivity index is 2.46. The molecular weight excluding hydrogens is 298 g/mol. The maximum absolute atomic E-state index is 13.7. The van der Waals surface area contributed by atoms with Crippen molar-refractivity contribution in [1.82, 2.24) is 9.55 Å². The van der Waals surface area contributed by atoms with Crippen LogP contribution in [0.4, 0.5) is 4.39 Å². The second-order valence-electron chi connectivity index (χ2n) is 5.61. The van der Waals surface area contributed by atoms with Crippen molar-refractivity contribution in [2.45, 2.75) is 45.5 Å². The normalized spacial score (nSPS) is 13.3. The van der Waals surface area contributed by atoms with Gasteiger partial charge in [-0.05, 0) is 31.7 Å². The van der Waals surface area contributed by atoms with E-state index in [1.165, 1.54) is 6.07 Å². The molecule has 110 valence electrons. The van der Waals surface area contributed by atoms with Gasteiger partial charge in [-0.3, -0.25) is 0 Å². The summed E-state index contributed by atoms with van der Waals surface area (Å²) in [4.78, 5) is 4.46. The molecule has 2 nitrogen and oxygen atoms in total. The summed E-state index contributed by atoms with van der Waals surface area (Å²) in [6.45, 7) is 6.51. The number of hydrogen-bond donors (Lipinski definition) is 0. The fourth-order valence-corrected chi connectivity index (χ4v) is 2.78. The van der Waals surface area contributed by atoms with Crippen molar-refractivity contribution >= 4 is 34.2 Å². The number of halogens is 3. The number of alkyl halides is 1. The van der Waals surface area contributed by atoms with Crippen molar-refractivity contribution in [3.8, 4) is 0 Å². The molecule has 0 spiro atoms. The first kappa shape index (κ1) is 15.6. The smallest absolute Gasteiger partial charge is 0.144 e.